The Morgan fingerprint density at radius 1 is 0.525 bits per heavy atom. The first-order chi connectivity index (χ1) is 19.9. The Morgan fingerprint density at radius 2 is 1.23 bits per heavy atom. The fourth-order valence-electron chi connectivity index (χ4n) is 6.56. The number of aromatic nitrogens is 3. The van der Waals surface area contributed by atoms with Crippen molar-refractivity contribution >= 4 is 116 Å². The van der Waals surface area contributed by atoms with Crippen molar-refractivity contribution in [2.45, 2.75) is 0 Å². The molecule has 5 aromatic heterocycles. The minimum atomic E-state index is 1.04. The van der Waals surface area contributed by atoms with E-state index >= 15 is 0 Å². The highest BCUT2D eigenvalue weighted by atomic mass is 32.1. The second-order valence-corrected chi connectivity index (χ2v) is 13.3. The van der Waals surface area contributed by atoms with E-state index in [1.165, 1.54) is 77.9 Å². The summed E-state index contributed by atoms with van der Waals surface area (Å²) in [6.45, 7) is 0. The van der Waals surface area contributed by atoms with E-state index in [-0.39, 0.29) is 0 Å². The lowest BCUT2D eigenvalue weighted by atomic mass is 10.0. The zero-order chi connectivity index (χ0) is 25.9. The van der Waals surface area contributed by atoms with Gasteiger partial charge in [0, 0.05) is 58.0 Å². The van der Waals surface area contributed by atoms with Crippen LogP contribution in [0.2, 0.25) is 0 Å². The van der Waals surface area contributed by atoms with Gasteiger partial charge in [0.2, 0.25) is 0 Å². The molecule has 0 aliphatic rings. The van der Waals surface area contributed by atoms with E-state index in [9.17, 15) is 0 Å². The summed E-state index contributed by atoms with van der Waals surface area (Å²) in [4.78, 5) is 9.24. The predicted octanol–water partition coefficient (Wildman–Crippen LogP) is 10.7. The minimum absolute atomic E-state index is 1.04. The molecule has 0 aliphatic carbocycles. The van der Waals surface area contributed by atoms with Crippen molar-refractivity contribution in [1.29, 1.82) is 0 Å². The minimum Gasteiger partial charge on any atom is -0.306 e. The fourth-order valence-corrected chi connectivity index (χ4v) is 10.3. The third-order valence-electron chi connectivity index (χ3n) is 8.14. The normalized spacial score (nSPS) is 12.5. The summed E-state index contributed by atoms with van der Waals surface area (Å²) in [5, 5.41) is 9.06. The zero-order valence-electron chi connectivity index (χ0n) is 20.9. The molecule has 10 aromatic rings. The molecule has 0 spiro atoms. The first-order valence-corrected chi connectivity index (χ1v) is 15.6. The Hall–Kier alpha value is -4.36. The molecule has 40 heavy (non-hydrogen) atoms. The van der Waals surface area contributed by atoms with Crippen molar-refractivity contribution in [2.24, 2.45) is 0 Å². The lowest BCUT2D eigenvalue weighted by Crippen LogP contribution is -1.94. The maximum absolute atomic E-state index is 4.85. The monoisotopic (exact) mass is 563 g/mol. The third kappa shape index (κ3) is 2.59. The van der Waals surface area contributed by atoms with E-state index in [1.807, 2.05) is 40.2 Å². The second kappa shape index (κ2) is 7.64. The number of rotatable bonds is 1. The molecule has 0 saturated carbocycles. The Morgan fingerprint density at radius 3 is 2.12 bits per heavy atom. The molecule has 3 nitrogen and oxygen atoms in total. The molecule has 5 aromatic carbocycles. The lowest BCUT2D eigenvalue weighted by Gasteiger charge is -2.10. The SMILES string of the molecule is c1ccc2c(c1)sc1c(-n3c4ccccc4c4c5c6ncncc6sc5c5c6ccccc6sc5c43)cccc12. The lowest BCUT2D eigenvalue weighted by molar-refractivity contribution is 1.21. The molecule has 0 unspecified atom stereocenters. The van der Waals surface area contributed by atoms with Gasteiger partial charge in [0.15, 0.2) is 0 Å². The molecule has 0 radical (unpaired) electrons. The van der Waals surface area contributed by atoms with Crippen LogP contribution in [0.15, 0.2) is 104 Å². The van der Waals surface area contributed by atoms with Crippen LogP contribution < -0.4 is 0 Å². The van der Waals surface area contributed by atoms with Gasteiger partial charge in [-0.25, -0.2) is 9.97 Å². The quantitative estimate of drug-likeness (QED) is 0.199. The van der Waals surface area contributed by atoms with Crippen molar-refractivity contribution in [1.82, 2.24) is 14.5 Å². The number of para-hydroxylation sites is 1. The van der Waals surface area contributed by atoms with Gasteiger partial charge in [-0.05, 0) is 24.3 Å². The van der Waals surface area contributed by atoms with Crippen molar-refractivity contribution in [3.05, 3.63) is 104 Å². The van der Waals surface area contributed by atoms with Crippen LogP contribution >= 0.6 is 34.0 Å². The summed E-state index contributed by atoms with van der Waals surface area (Å²) in [5.74, 6) is 0. The molecule has 0 saturated heterocycles. The molecular weight excluding hydrogens is 547 g/mol. The molecule has 0 fully saturated rings. The van der Waals surface area contributed by atoms with E-state index < -0.39 is 0 Å². The molecule has 10 rings (SSSR count). The van der Waals surface area contributed by atoms with Gasteiger partial charge in [0.05, 0.1) is 36.3 Å². The topological polar surface area (TPSA) is 30.7 Å². The Labute approximate surface area is 239 Å². The van der Waals surface area contributed by atoms with Crippen LogP contribution in [0.4, 0.5) is 0 Å². The molecule has 0 atom stereocenters. The number of benzene rings is 5. The third-order valence-corrected chi connectivity index (χ3v) is 11.7. The van der Waals surface area contributed by atoms with Gasteiger partial charge in [0.25, 0.3) is 0 Å². The molecular formula is C34H17N3S3. The van der Waals surface area contributed by atoms with Crippen LogP contribution in [0.5, 0.6) is 0 Å². The smallest absolute Gasteiger partial charge is 0.116 e. The van der Waals surface area contributed by atoms with Crippen molar-refractivity contribution in [2.75, 3.05) is 0 Å². The summed E-state index contributed by atoms with van der Waals surface area (Å²) < 4.78 is 10.2. The van der Waals surface area contributed by atoms with Gasteiger partial charge in [0.1, 0.15) is 6.33 Å². The van der Waals surface area contributed by atoms with Crippen molar-refractivity contribution in [3.63, 3.8) is 0 Å². The summed E-state index contributed by atoms with van der Waals surface area (Å²) in [6.07, 6.45) is 3.66. The van der Waals surface area contributed by atoms with Crippen LogP contribution in [0.25, 0.3) is 88.1 Å². The van der Waals surface area contributed by atoms with E-state index in [0.29, 0.717) is 0 Å². The van der Waals surface area contributed by atoms with E-state index in [2.05, 4.69) is 101 Å². The summed E-state index contributed by atoms with van der Waals surface area (Å²) in [6, 6.07) is 33.2. The average Bonchev–Trinajstić information content (AvgIpc) is 3.75. The maximum Gasteiger partial charge on any atom is 0.116 e. The van der Waals surface area contributed by atoms with E-state index in [0.717, 1.165) is 10.2 Å². The molecule has 5 heterocycles. The fraction of sp³-hybridized carbons (Fsp3) is 0. The highest BCUT2D eigenvalue weighted by molar-refractivity contribution is 7.30. The number of thiophene rings is 3. The predicted molar refractivity (Wildman–Crippen MR) is 175 cm³/mol. The van der Waals surface area contributed by atoms with Gasteiger partial charge in [-0.3, -0.25) is 0 Å². The van der Waals surface area contributed by atoms with Crippen molar-refractivity contribution in [3.8, 4) is 5.69 Å². The van der Waals surface area contributed by atoms with Crippen molar-refractivity contribution < 1.29 is 0 Å². The van der Waals surface area contributed by atoms with Crippen LogP contribution in [-0.2, 0) is 0 Å². The number of hydrogen-bond donors (Lipinski definition) is 0. The van der Waals surface area contributed by atoms with Crippen LogP contribution in [0.1, 0.15) is 0 Å². The standard InChI is InChI=1S/C34H17N3S3/c1-4-12-22-20(9-1)27-29-30-26(16-35-17-36-30)40-33(29)28-21-10-3-6-15-25(21)39-34(28)31(27)37(22)23-13-7-11-19-18-8-2-5-14-24(18)38-32(19)23/h1-17H. The number of hydrogen-bond acceptors (Lipinski definition) is 5. The first-order valence-electron chi connectivity index (χ1n) is 13.2. The van der Waals surface area contributed by atoms with E-state index in [1.54, 1.807) is 6.33 Å². The maximum atomic E-state index is 4.85. The molecule has 0 amide bonds. The van der Waals surface area contributed by atoms with Gasteiger partial charge >= 0.3 is 0 Å². The first kappa shape index (κ1) is 21.5. The zero-order valence-corrected chi connectivity index (χ0v) is 23.3. The highest BCUT2D eigenvalue weighted by Gasteiger charge is 2.25. The Bertz CT molecular complexity index is 2670. The molecule has 6 heteroatoms. The van der Waals surface area contributed by atoms with Crippen LogP contribution in [0.3, 0.4) is 0 Å². The van der Waals surface area contributed by atoms with Crippen LogP contribution in [-0.4, -0.2) is 14.5 Å². The van der Waals surface area contributed by atoms with Gasteiger partial charge in [-0.15, -0.1) is 34.0 Å². The largest absolute Gasteiger partial charge is 0.306 e. The highest BCUT2D eigenvalue weighted by Crippen LogP contribution is 2.52. The van der Waals surface area contributed by atoms with Crippen LogP contribution in [0, 0.1) is 0 Å². The van der Waals surface area contributed by atoms with Gasteiger partial charge in [-0.1, -0.05) is 66.7 Å². The van der Waals surface area contributed by atoms with Gasteiger partial charge < -0.3 is 4.57 Å². The number of fused-ring (bicyclic) bond motifs is 15. The average molecular weight is 564 g/mol. The Balaban J connectivity index is 1.55. The summed E-state index contributed by atoms with van der Waals surface area (Å²) in [7, 11) is 0. The second-order valence-electron chi connectivity index (χ2n) is 10.2. The van der Waals surface area contributed by atoms with Gasteiger partial charge in [-0.2, -0.15) is 0 Å². The molecule has 0 bridgehead atoms. The summed E-state index contributed by atoms with van der Waals surface area (Å²) >= 11 is 5.61. The van der Waals surface area contributed by atoms with E-state index in [4.69, 9.17) is 4.98 Å². The number of nitrogens with zero attached hydrogens (tertiary/aromatic N) is 3. The molecule has 0 N–H and O–H groups in total. The Kier molecular flexibility index (Phi) is 4.10. The molecule has 0 aliphatic heterocycles. The molecule has 186 valence electrons. The summed E-state index contributed by atoms with van der Waals surface area (Å²) in [5.41, 5.74) is 4.77.